The predicted octanol–water partition coefficient (Wildman–Crippen LogP) is 3.58. The van der Waals surface area contributed by atoms with Crippen LogP contribution < -0.4 is 5.32 Å². The van der Waals surface area contributed by atoms with E-state index in [1.807, 2.05) is 5.10 Å². The molecule has 1 aromatic heterocycles. The predicted molar refractivity (Wildman–Crippen MR) is 68.0 cm³/mol. The summed E-state index contributed by atoms with van der Waals surface area (Å²) < 4.78 is 37.9. The summed E-state index contributed by atoms with van der Waals surface area (Å²) in [6.07, 6.45) is 1.01. The quantitative estimate of drug-likeness (QED) is 0.893. The van der Waals surface area contributed by atoms with Gasteiger partial charge in [-0.15, -0.1) is 0 Å². The van der Waals surface area contributed by atoms with Crippen LogP contribution in [0.4, 0.5) is 18.9 Å². The zero-order chi connectivity index (χ0) is 14.8. The summed E-state index contributed by atoms with van der Waals surface area (Å²) in [5.74, 6) is 0.321. The molecule has 1 heterocycles. The number of halogens is 3. The second-order valence-corrected chi connectivity index (χ2v) is 5.43. The van der Waals surface area contributed by atoms with Crippen molar-refractivity contribution in [2.24, 2.45) is 11.8 Å². The summed E-state index contributed by atoms with van der Waals surface area (Å²) in [5.41, 5.74) is -1.31. The zero-order valence-electron chi connectivity index (χ0n) is 11.3. The molecule has 7 heteroatoms. The van der Waals surface area contributed by atoms with Gasteiger partial charge >= 0.3 is 6.18 Å². The molecule has 112 valence electrons. The number of carbonyl (C=O) groups is 1. The molecular formula is C13H18F3N3O. The molecule has 0 aliphatic heterocycles. The van der Waals surface area contributed by atoms with Gasteiger partial charge in [0.05, 0.1) is 11.9 Å². The number of hydrogen-bond donors (Lipinski definition) is 2. The first-order valence-electron chi connectivity index (χ1n) is 6.78. The molecule has 4 nitrogen and oxygen atoms in total. The lowest BCUT2D eigenvalue weighted by molar-refractivity contribution is -0.140. The Kier molecular flexibility index (Phi) is 4.35. The summed E-state index contributed by atoms with van der Waals surface area (Å²) in [6, 6.07) is 0. The largest absolute Gasteiger partial charge is 0.434 e. The van der Waals surface area contributed by atoms with E-state index in [0.29, 0.717) is 5.92 Å². The molecule has 2 rings (SSSR count). The average molecular weight is 289 g/mol. The van der Waals surface area contributed by atoms with Crippen LogP contribution in [0.2, 0.25) is 0 Å². The lowest BCUT2D eigenvalue weighted by atomic mass is 9.78. The van der Waals surface area contributed by atoms with Gasteiger partial charge in [-0.2, -0.15) is 18.3 Å². The molecule has 1 amide bonds. The van der Waals surface area contributed by atoms with Gasteiger partial charge in [0.25, 0.3) is 0 Å². The number of nitrogens with zero attached hydrogens (tertiary/aromatic N) is 1. The minimum absolute atomic E-state index is 0.255. The van der Waals surface area contributed by atoms with E-state index in [2.05, 4.69) is 17.3 Å². The number of anilines is 1. The van der Waals surface area contributed by atoms with Crippen LogP contribution >= 0.6 is 0 Å². The highest BCUT2D eigenvalue weighted by molar-refractivity contribution is 5.91. The number of nitrogens with one attached hydrogen (secondary N) is 2. The molecule has 1 aromatic rings. The van der Waals surface area contributed by atoms with E-state index in [0.717, 1.165) is 25.5 Å². The van der Waals surface area contributed by atoms with Crippen LogP contribution in [0.1, 0.15) is 44.7 Å². The van der Waals surface area contributed by atoms with Gasteiger partial charge in [-0.1, -0.05) is 26.2 Å². The highest BCUT2D eigenvalue weighted by Gasteiger charge is 2.36. The van der Waals surface area contributed by atoms with Crippen molar-refractivity contribution < 1.29 is 18.0 Å². The Morgan fingerprint density at radius 2 is 2.15 bits per heavy atom. The van der Waals surface area contributed by atoms with Crippen molar-refractivity contribution in [3.8, 4) is 0 Å². The van der Waals surface area contributed by atoms with Crippen LogP contribution in [0.15, 0.2) is 6.20 Å². The third kappa shape index (κ3) is 3.52. The van der Waals surface area contributed by atoms with Gasteiger partial charge in [0, 0.05) is 6.42 Å². The van der Waals surface area contributed by atoms with Crippen LogP contribution in [-0.2, 0) is 11.0 Å². The van der Waals surface area contributed by atoms with Crippen molar-refractivity contribution >= 4 is 11.6 Å². The van der Waals surface area contributed by atoms with Gasteiger partial charge in [-0.05, 0) is 18.3 Å². The Morgan fingerprint density at radius 3 is 2.80 bits per heavy atom. The number of aromatic amines is 1. The lowest BCUT2D eigenvalue weighted by Crippen LogP contribution is -2.24. The summed E-state index contributed by atoms with van der Waals surface area (Å²) in [6.45, 7) is 2.09. The van der Waals surface area contributed by atoms with Crippen molar-refractivity contribution in [2.45, 2.75) is 45.2 Å². The SMILES string of the molecule is CC1CCCCC1CC(=O)Nc1cn[nH]c1C(F)(F)F. The minimum Gasteiger partial charge on any atom is -0.323 e. The maximum Gasteiger partial charge on any atom is 0.434 e. The van der Waals surface area contributed by atoms with E-state index in [1.54, 1.807) is 0 Å². The van der Waals surface area contributed by atoms with Crippen LogP contribution in [-0.4, -0.2) is 16.1 Å². The Balaban J connectivity index is 1.96. The first kappa shape index (κ1) is 14.9. The second kappa shape index (κ2) is 5.85. The topological polar surface area (TPSA) is 57.8 Å². The fraction of sp³-hybridized carbons (Fsp3) is 0.692. The molecule has 20 heavy (non-hydrogen) atoms. The molecule has 1 saturated carbocycles. The molecular weight excluding hydrogens is 271 g/mol. The Bertz CT molecular complexity index is 470. The van der Waals surface area contributed by atoms with Gasteiger partial charge in [-0.25, -0.2) is 0 Å². The molecule has 2 atom stereocenters. The fourth-order valence-corrected chi connectivity index (χ4v) is 2.73. The zero-order valence-corrected chi connectivity index (χ0v) is 11.3. The van der Waals surface area contributed by atoms with Crippen LogP contribution in [0, 0.1) is 11.8 Å². The summed E-state index contributed by atoms with van der Waals surface area (Å²) in [4.78, 5) is 11.9. The second-order valence-electron chi connectivity index (χ2n) is 5.43. The molecule has 1 fully saturated rings. The van der Waals surface area contributed by atoms with E-state index >= 15 is 0 Å². The van der Waals surface area contributed by atoms with Crippen molar-refractivity contribution in [3.05, 3.63) is 11.9 Å². The number of hydrogen-bond acceptors (Lipinski definition) is 2. The summed E-state index contributed by atoms with van der Waals surface area (Å²) >= 11 is 0. The monoisotopic (exact) mass is 289 g/mol. The first-order valence-corrected chi connectivity index (χ1v) is 6.78. The number of rotatable bonds is 3. The van der Waals surface area contributed by atoms with E-state index in [1.165, 1.54) is 6.42 Å². The van der Waals surface area contributed by atoms with Crippen molar-refractivity contribution in [1.29, 1.82) is 0 Å². The van der Waals surface area contributed by atoms with Crippen molar-refractivity contribution in [1.82, 2.24) is 10.2 Å². The third-order valence-corrected chi connectivity index (χ3v) is 3.93. The molecule has 1 aliphatic rings. The Labute approximate surface area is 115 Å². The molecule has 0 saturated heterocycles. The first-order chi connectivity index (χ1) is 9.38. The summed E-state index contributed by atoms with van der Waals surface area (Å²) in [7, 11) is 0. The number of alkyl halides is 3. The van der Waals surface area contributed by atoms with Crippen LogP contribution in [0.25, 0.3) is 0 Å². The summed E-state index contributed by atoms with van der Waals surface area (Å²) in [5, 5.41) is 7.53. The third-order valence-electron chi connectivity index (χ3n) is 3.93. The highest BCUT2D eigenvalue weighted by atomic mass is 19.4. The lowest BCUT2D eigenvalue weighted by Gasteiger charge is -2.28. The van der Waals surface area contributed by atoms with E-state index in [4.69, 9.17) is 0 Å². The van der Waals surface area contributed by atoms with E-state index < -0.39 is 11.9 Å². The molecule has 0 spiro atoms. The van der Waals surface area contributed by atoms with Gasteiger partial charge < -0.3 is 5.32 Å². The van der Waals surface area contributed by atoms with Gasteiger partial charge in [0.2, 0.25) is 5.91 Å². The smallest absolute Gasteiger partial charge is 0.323 e. The normalized spacial score (nSPS) is 23.6. The molecule has 0 bridgehead atoms. The maximum atomic E-state index is 12.6. The minimum atomic E-state index is -4.54. The van der Waals surface area contributed by atoms with Crippen LogP contribution in [0.3, 0.4) is 0 Å². The number of H-pyrrole nitrogens is 1. The van der Waals surface area contributed by atoms with Gasteiger partial charge in [0.1, 0.15) is 0 Å². The average Bonchev–Trinajstić information content (AvgIpc) is 2.80. The number of amides is 1. The molecule has 1 aliphatic carbocycles. The van der Waals surface area contributed by atoms with E-state index in [9.17, 15) is 18.0 Å². The van der Waals surface area contributed by atoms with Crippen LogP contribution in [0.5, 0.6) is 0 Å². The van der Waals surface area contributed by atoms with Crippen molar-refractivity contribution in [2.75, 3.05) is 5.32 Å². The van der Waals surface area contributed by atoms with Gasteiger partial charge in [-0.3, -0.25) is 9.89 Å². The molecule has 0 aromatic carbocycles. The van der Waals surface area contributed by atoms with Crippen molar-refractivity contribution in [3.63, 3.8) is 0 Å². The molecule has 0 radical (unpaired) electrons. The standard InChI is InChI=1S/C13H18F3N3O/c1-8-4-2-3-5-9(8)6-11(20)18-10-7-17-19-12(10)13(14,15)16/h7-9H,2-6H2,1H3,(H,17,19)(H,18,20). The molecule has 2 N–H and O–H groups in total. The molecule has 2 unspecified atom stereocenters. The Morgan fingerprint density at radius 1 is 1.45 bits per heavy atom. The number of aromatic nitrogens is 2. The number of carbonyl (C=O) groups excluding carboxylic acids is 1. The van der Waals surface area contributed by atoms with E-state index in [-0.39, 0.29) is 23.9 Å². The van der Waals surface area contributed by atoms with Gasteiger partial charge in [0.15, 0.2) is 5.69 Å². The fourth-order valence-electron chi connectivity index (χ4n) is 2.73. The Hall–Kier alpha value is -1.53. The maximum absolute atomic E-state index is 12.6. The highest BCUT2D eigenvalue weighted by Crippen LogP contribution is 2.34.